The maximum Gasteiger partial charge on any atom is 0.116 e. The zero-order chi connectivity index (χ0) is 27.8. The monoisotopic (exact) mass is 528 g/mol. The molecular weight excluding hydrogens is 492 g/mol. The summed E-state index contributed by atoms with van der Waals surface area (Å²) in [5, 5.41) is 31.1. The fourth-order valence-electron chi connectivity index (χ4n) is 4.59. The molecule has 0 bridgehead atoms. The van der Waals surface area contributed by atoms with Crippen LogP contribution in [0.25, 0.3) is 32.7 Å². The molecule has 9 heteroatoms. The third kappa shape index (κ3) is 6.71. The van der Waals surface area contributed by atoms with E-state index in [1.165, 1.54) is 0 Å². The summed E-state index contributed by atoms with van der Waals surface area (Å²) in [6.45, 7) is 1.88. The van der Waals surface area contributed by atoms with Gasteiger partial charge in [0.15, 0.2) is 0 Å². The second-order valence-electron chi connectivity index (χ2n) is 9.25. The highest BCUT2D eigenvalue weighted by Gasteiger charge is 2.04. The third-order valence-electron chi connectivity index (χ3n) is 6.49. The largest absolute Gasteiger partial charge is 0.508 e. The first-order valence-corrected chi connectivity index (χ1v) is 12.9. The van der Waals surface area contributed by atoms with Gasteiger partial charge < -0.3 is 47.5 Å². The van der Waals surface area contributed by atoms with Crippen LogP contribution < -0.4 is 17.2 Å². The van der Waals surface area contributed by atoms with Crippen LogP contribution in [0.15, 0.2) is 73.2 Å². The minimum atomic E-state index is 0.297. The summed E-state index contributed by atoms with van der Waals surface area (Å²) < 4.78 is 0. The molecule has 0 fully saturated rings. The van der Waals surface area contributed by atoms with Crippen molar-refractivity contribution >= 4 is 32.7 Å². The van der Waals surface area contributed by atoms with Gasteiger partial charge in [-0.15, -0.1) is 0 Å². The Kier molecular flexibility index (Phi) is 9.11. The second kappa shape index (κ2) is 12.9. The molecule has 9 nitrogen and oxygen atoms in total. The van der Waals surface area contributed by atoms with E-state index >= 15 is 0 Å². The van der Waals surface area contributed by atoms with Crippen molar-refractivity contribution in [2.24, 2.45) is 17.2 Å². The van der Waals surface area contributed by atoms with Crippen molar-refractivity contribution in [1.82, 2.24) is 15.0 Å². The minimum absolute atomic E-state index is 0.297. The number of hydrogen-bond acceptors (Lipinski definition) is 6. The van der Waals surface area contributed by atoms with Gasteiger partial charge in [-0.05, 0) is 110 Å². The number of nitrogens with one attached hydrogen (secondary N) is 3. The summed E-state index contributed by atoms with van der Waals surface area (Å²) in [4.78, 5) is 9.40. The summed E-state index contributed by atoms with van der Waals surface area (Å²) in [6.07, 6.45) is 8.33. The molecule has 0 radical (unpaired) electrons. The van der Waals surface area contributed by atoms with Crippen molar-refractivity contribution in [1.29, 1.82) is 0 Å². The second-order valence-corrected chi connectivity index (χ2v) is 9.25. The van der Waals surface area contributed by atoms with Crippen molar-refractivity contribution in [3.05, 3.63) is 89.9 Å². The number of aromatic hydroxyl groups is 3. The molecule has 0 amide bonds. The maximum atomic E-state index is 9.30. The SMILES string of the molecule is NCCc1c[nH]c2ccc(O)cc12.NCCc1c[nH]c2ccc(O)cc12.NCCc1c[nH]c2ccc(O)cc12. The number of aromatic amines is 3. The van der Waals surface area contributed by atoms with Crippen molar-refractivity contribution in [3.63, 3.8) is 0 Å². The van der Waals surface area contributed by atoms with Gasteiger partial charge in [0.25, 0.3) is 0 Å². The zero-order valence-corrected chi connectivity index (χ0v) is 21.7. The molecule has 0 aliphatic carbocycles. The number of phenolic OH excluding ortho intramolecular Hbond substituents is 3. The van der Waals surface area contributed by atoms with Gasteiger partial charge in [0.2, 0.25) is 0 Å². The Morgan fingerprint density at radius 3 is 1.00 bits per heavy atom. The summed E-state index contributed by atoms with van der Waals surface area (Å²) in [5.41, 5.74) is 23.0. The van der Waals surface area contributed by atoms with Crippen LogP contribution in [0.1, 0.15) is 16.7 Å². The molecule has 39 heavy (non-hydrogen) atoms. The van der Waals surface area contributed by atoms with Crippen LogP contribution in [0.4, 0.5) is 0 Å². The molecule has 0 unspecified atom stereocenters. The van der Waals surface area contributed by atoms with Crippen molar-refractivity contribution in [3.8, 4) is 17.2 Å². The fraction of sp³-hybridized carbons (Fsp3) is 0.200. The number of rotatable bonds is 6. The van der Waals surface area contributed by atoms with Crippen molar-refractivity contribution in [2.45, 2.75) is 19.3 Å². The first-order valence-electron chi connectivity index (χ1n) is 12.9. The minimum Gasteiger partial charge on any atom is -0.508 e. The summed E-state index contributed by atoms with van der Waals surface area (Å²) in [5.74, 6) is 0.890. The Morgan fingerprint density at radius 1 is 0.462 bits per heavy atom. The standard InChI is InChI=1S/3C10H12N2O/c3*11-4-3-7-6-12-10-2-1-8(13)5-9(7)10/h3*1-2,5-6,12-13H,3-4,11H2. The van der Waals surface area contributed by atoms with E-state index in [0.717, 1.165) is 68.7 Å². The first kappa shape index (κ1) is 27.6. The molecule has 0 saturated heterocycles. The van der Waals surface area contributed by atoms with Crippen molar-refractivity contribution < 1.29 is 15.3 Å². The van der Waals surface area contributed by atoms with Crippen LogP contribution in [0, 0.1) is 0 Å². The van der Waals surface area contributed by atoms with Crippen LogP contribution in [0.3, 0.4) is 0 Å². The Balaban J connectivity index is 0.000000136. The van der Waals surface area contributed by atoms with E-state index < -0.39 is 0 Å². The number of aromatic nitrogens is 3. The Hall–Kier alpha value is -4.44. The lowest BCUT2D eigenvalue weighted by atomic mass is 10.1. The average molecular weight is 529 g/mol. The highest BCUT2D eigenvalue weighted by Crippen LogP contribution is 2.24. The molecule has 204 valence electrons. The zero-order valence-electron chi connectivity index (χ0n) is 21.7. The van der Waals surface area contributed by atoms with E-state index in [-0.39, 0.29) is 0 Å². The van der Waals surface area contributed by atoms with Gasteiger partial charge in [-0.1, -0.05) is 0 Å². The lowest BCUT2D eigenvalue weighted by Crippen LogP contribution is -2.01. The molecular formula is C30H36N6O3. The predicted molar refractivity (Wildman–Crippen MR) is 158 cm³/mol. The number of nitrogens with two attached hydrogens (primary N) is 3. The lowest BCUT2D eigenvalue weighted by molar-refractivity contribution is 0.475. The number of hydrogen-bond donors (Lipinski definition) is 9. The third-order valence-corrected chi connectivity index (χ3v) is 6.49. The highest BCUT2D eigenvalue weighted by atomic mass is 16.3. The Labute approximate surface area is 226 Å². The van der Waals surface area contributed by atoms with Gasteiger partial charge in [-0.2, -0.15) is 0 Å². The van der Waals surface area contributed by atoms with E-state index in [1.54, 1.807) is 36.4 Å². The number of benzene rings is 3. The van der Waals surface area contributed by atoms with E-state index in [1.807, 2.05) is 36.8 Å². The van der Waals surface area contributed by atoms with Gasteiger partial charge in [-0.25, -0.2) is 0 Å². The van der Waals surface area contributed by atoms with E-state index in [9.17, 15) is 15.3 Å². The Bertz CT molecular complexity index is 1450. The molecule has 0 spiro atoms. The number of fused-ring (bicyclic) bond motifs is 3. The molecule has 3 heterocycles. The van der Waals surface area contributed by atoms with Gasteiger partial charge >= 0.3 is 0 Å². The first-order chi connectivity index (χ1) is 18.9. The average Bonchev–Trinajstić information content (AvgIpc) is 3.63. The molecule has 0 aliphatic heterocycles. The predicted octanol–water partition coefficient (Wildman–Crippen LogP) is 4.12. The molecule has 0 saturated carbocycles. The van der Waals surface area contributed by atoms with Crippen LogP contribution >= 0.6 is 0 Å². The molecule has 0 atom stereocenters. The molecule has 6 aromatic rings. The van der Waals surface area contributed by atoms with Crippen LogP contribution in [-0.2, 0) is 19.3 Å². The van der Waals surface area contributed by atoms with Crippen LogP contribution in [-0.4, -0.2) is 49.9 Å². The molecule has 6 rings (SSSR count). The van der Waals surface area contributed by atoms with Crippen LogP contribution in [0.5, 0.6) is 17.2 Å². The number of phenols is 3. The van der Waals surface area contributed by atoms with Crippen molar-refractivity contribution in [2.75, 3.05) is 19.6 Å². The molecule has 0 aliphatic rings. The number of H-pyrrole nitrogens is 3. The maximum absolute atomic E-state index is 9.30. The fourth-order valence-corrected chi connectivity index (χ4v) is 4.59. The molecule has 3 aromatic heterocycles. The van der Waals surface area contributed by atoms with E-state index in [4.69, 9.17) is 17.2 Å². The van der Waals surface area contributed by atoms with Crippen LogP contribution in [0.2, 0.25) is 0 Å². The highest BCUT2D eigenvalue weighted by molar-refractivity contribution is 5.86. The Morgan fingerprint density at radius 2 is 0.744 bits per heavy atom. The normalized spacial score (nSPS) is 10.8. The summed E-state index contributed by atoms with van der Waals surface area (Å²) >= 11 is 0. The molecule has 12 N–H and O–H groups in total. The van der Waals surface area contributed by atoms with E-state index in [0.29, 0.717) is 36.9 Å². The van der Waals surface area contributed by atoms with Gasteiger partial charge in [-0.3, -0.25) is 0 Å². The smallest absolute Gasteiger partial charge is 0.116 e. The van der Waals surface area contributed by atoms with Gasteiger partial charge in [0.05, 0.1) is 0 Å². The lowest BCUT2D eigenvalue weighted by Gasteiger charge is -1.96. The van der Waals surface area contributed by atoms with E-state index in [2.05, 4.69) is 15.0 Å². The van der Waals surface area contributed by atoms with Gasteiger partial charge in [0.1, 0.15) is 17.2 Å². The van der Waals surface area contributed by atoms with Gasteiger partial charge in [0, 0.05) is 51.3 Å². The quantitative estimate of drug-likeness (QED) is 0.156. The summed E-state index contributed by atoms with van der Waals surface area (Å²) in [6, 6.07) is 15.9. The summed E-state index contributed by atoms with van der Waals surface area (Å²) in [7, 11) is 0. The topological polar surface area (TPSA) is 186 Å². The molecule has 3 aromatic carbocycles.